The molecule has 0 aromatic rings. The van der Waals surface area contributed by atoms with Gasteiger partial charge in [-0.05, 0) is 26.2 Å². The Balaban J connectivity index is 3.91. The maximum Gasteiger partial charge on any atom is 0.148 e. The predicted molar refractivity (Wildman–Crippen MR) is 65.8 cm³/mol. The summed E-state index contributed by atoms with van der Waals surface area (Å²) in [5.41, 5.74) is 0. The van der Waals surface area contributed by atoms with E-state index in [4.69, 9.17) is 0 Å². The van der Waals surface area contributed by atoms with Gasteiger partial charge in [0.05, 0.1) is 5.75 Å². The van der Waals surface area contributed by atoms with Crippen molar-refractivity contribution >= 4 is 9.84 Å². The molecule has 0 aliphatic carbocycles. The van der Waals surface area contributed by atoms with E-state index in [0.29, 0.717) is 12.0 Å². The van der Waals surface area contributed by atoms with Crippen LogP contribution in [0.1, 0.15) is 40.5 Å². The Labute approximate surface area is 94.6 Å². The van der Waals surface area contributed by atoms with E-state index in [1.807, 2.05) is 6.92 Å². The van der Waals surface area contributed by atoms with Crippen molar-refractivity contribution in [3.63, 3.8) is 0 Å². The summed E-state index contributed by atoms with van der Waals surface area (Å²) in [6.07, 6.45) is 3.56. The molecule has 0 spiro atoms. The van der Waals surface area contributed by atoms with Gasteiger partial charge >= 0.3 is 0 Å². The Morgan fingerprint density at radius 2 is 1.67 bits per heavy atom. The average Bonchev–Trinajstić information content (AvgIpc) is 1.99. The molecule has 0 saturated heterocycles. The first-order valence-corrected chi connectivity index (χ1v) is 7.74. The normalized spacial score (nSPS) is 18.5. The van der Waals surface area contributed by atoms with Crippen LogP contribution in [0.4, 0.5) is 0 Å². The summed E-state index contributed by atoms with van der Waals surface area (Å²) in [5, 5.41) is 3.32. The number of sulfone groups is 1. The second kappa shape index (κ2) is 6.48. The van der Waals surface area contributed by atoms with Gasteiger partial charge in [0.1, 0.15) is 9.84 Å². The molecule has 0 aliphatic rings. The van der Waals surface area contributed by atoms with E-state index in [0.717, 1.165) is 6.42 Å². The molecular weight excluding hydrogens is 210 g/mol. The van der Waals surface area contributed by atoms with Gasteiger partial charge in [-0.1, -0.05) is 20.3 Å². The van der Waals surface area contributed by atoms with Gasteiger partial charge in [0.15, 0.2) is 0 Å². The highest BCUT2D eigenvalue weighted by Gasteiger charge is 2.14. The van der Waals surface area contributed by atoms with E-state index in [1.54, 1.807) is 0 Å². The lowest BCUT2D eigenvalue weighted by Gasteiger charge is -2.21. The van der Waals surface area contributed by atoms with E-state index in [-0.39, 0.29) is 11.8 Å². The molecule has 15 heavy (non-hydrogen) atoms. The lowest BCUT2D eigenvalue weighted by atomic mass is 10.00. The molecule has 0 radical (unpaired) electrons. The molecule has 3 atom stereocenters. The van der Waals surface area contributed by atoms with Crippen LogP contribution in [0.3, 0.4) is 0 Å². The fraction of sp³-hybridized carbons (Fsp3) is 1.00. The molecule has 4 heteroatoms. The lowest BCUT2D eigenvalue weighted by Crippen LogP contribution is -2.39. The zero-order chi connectivity index (χ0) is 12.1. The molecule has 0 amide bonds. The fourth-order valence-electron chi connectivity index (χ4n) is 1.83. The Morgan fingerprint density at radius 1 is 1.13 bits per heavy atom. The third-order valence-corrected chi connectivity index (χ3v) is 3.68. The van der Waals surface area contributed by atoms with E-state index in [2.05, 4.69) is 26.1 Å². The lowest BCUT2D eigenvalue weighted by molar-refractivity contribution is 0.391. The molecule has 0 aromatic heterocycles. The second-order valence-electron chi connectivity index (χ2n) is 4.81. The monoisotopic (exact) mass is 235 g/mol. The molecular formula is C11H25NO2S. The van der Waals surface area contributed by atoms with Crippen molar-refractivity contribution in [1.29, 1.82) is 0 Å². The number of nitrogens with one attached hydrogen (secondary N) is 1. The Hall–Kier alpha value is -0.0900. The van der Waals surface area contributed by atoms with Gasteiger partial charge in [0.2, 0.25) is 0 Å². The largest absolute Gasteiger partial charge is 0.311 e. The molecule has 0 fully saturated rings. The molecule has 0 bridgehead atoms. The minimum Gasteiger partial charge on any atom is -0.311 e. The van der Waals surface area contributed by atoms with Gasteiger partial charge < -0.3 is 5.32 Å². The average molecular weight is 235 g/mol. The number of hydrogen-bond acceptors (Lipinski definition) is 3. The maximum atomic E-state index is 11.1. The summed E-state index contributed by atoms with van der Waals surface area (Å²) in [4.78, 5) is 0. The van der Waals surface area contributed by atoms with Crippen LogP contribution in [-0.4, -0.2) is 32.5 Å². The zero-order valence-corrected chi connectivity index (χ0v) is 11.4. The first kappa shape index (κ1) is 14.9. The zero-order valence-electron chi connectivity index (χ0n) is 10.6. The molecule has 3 nitrogen and oxygen atoms in total. The topological polar surface area (TPSA) is 46.2 Å². The van der Waals surface area contributed by atoms with Gasteiger partial charge in [0, 0.05) is 18.3 Å². The Morgan fingerprint density at radius 3 is 2.07 bits per heavy atom. The van der Waals surface area contributed by atoms with E-state index in [9.17, 15) is 8.42 Å². The third kappa shape index (κ3) is 8.88. The molecule has 92 valence electrons. The summed E-state index contributed by atoms with van der Waals surface area (Å²) in [6.45, 7) is 8.44. The first-order chi connectivity index (χ1) is 6.74. The molecule has 0 aromatic carbocycles. The second-order valence-corrected chi connectivity index (χ2v) is 7.00. The van der Waals surface area contributed by atoms with Crippen LogP contribution >= 0.6 is 0 Å². The van der Waals surface area contributed by atoms with Crippen molar-refractivity contribution in [2.24, 2.45) is 5.92 Å². The summed E-state index contributed by atoms with van der Waals surface area (Å²) < 4.78 is 22.1. The molecule has 0 rings (SSSR count). The quantitative estimate of drug-likeness (QED) is 0.732. The van der Waals surface area contributed by atoms with Crippen LogP contribution in [0.25, 0.3) is 0 Å². The number of rotatable bonds is 7. The summed E-state index contributed by atoms with van der Waals surface area (Å²) >= 11 is 0. The van der Waals surface area contributed by atoms with Crippen LogP contribution in [0, 0.1) is 5.92 Å². The molecule has 0 aliphatic heterocycles. The van der Waals surface area contributed by atoms with Crippen LogP contribution in [0.5, 0.6) is 0 Å². The molecule has 1 N–H and O–H groups in total. The van der Waals surface area contributed by atoms with Crippen LogP contribution in [0.15, 0.2) is 0 Å². The minimum absolute atomic E-state index is 0.0408. The smallest absolute Gasteiger partial charge is 0.148 e. The van der Waals surface area contributed by atoms with Crippen LogP contribution in [0.2, 0.25) is 0 Å². The van der Waals surface area contributed by atoms with E-state index in [1.165, 1.54) is 12.7 Å². The van der Waals surface area contributed by atoms with Crippen molar-refractivity contribution in [3.8, 4) is 0 Å². The Kier molecular flexibility index (Phi) is 6.44. The van der Waals surface area contributed by atoms with E-state index >= 15 is 0 Å². The van der Waals surface area contributed by atoms with Crippen LogP contribution in [-0.2, 0) is 9.84 Å². The fourth-order valence-corrected chi connectivity index (χ4v) is 2.83. The summed E-state index contributed by atoms with van der Waals surface area (Å²) in [5.74, 6) is 0.913. The van der Waals surface area contributed by atoms with E-state index < -0.39 is 9.84 Å². The van der Waals surface area contributed by atoms with Gasteiger partial charge in [-0.3, -0.25) is 0 Å². The molecule has 3 unspecified atom stereocenters. The maximum absolute atomic E-state index is 11.1. The first-order valence-electron chi connectivity index (χ1n) is 5.68. The van der Waals surface area contributed by atoms with Gasteiger partial charge in [-0.15, -0.1) is 0 Å². The minimum atomic E-state index is -2.87. The van der Waals surface area contributed by atoms with Crippen LogP contribution < -0.4 is 5.32 Å². The SMILES string of the molecule is CCC(C)CC(C)NC(C)CS(C)(=O)=O. The third-order valence-electron chi connectivity index (χ3n) is 2.57. The highest BCUT2D eigenvalue weighted by atomic mass is 32.2. The van der Waals surface area contributed by atoms with Gasteiger partial charge in [-0.25, -0.2) is 8.42 Å². The van der Waals surface area contributed by atoms with Gasteiger partial charge in [-0.2, -0.15) is 0 Å². The number of hydrogen-bond donors (Lipinski definition) is 1. The van der Waals surface area contributed by atoms with Crippen molar-refractivity contribution in [2.45, 2.75) is 52.6 Å². The van der Waals surface area contributed by atoms with Crippen molar-refractivity contribution in [3.05, 3.63) is 0 Å². The standard InChI is InChI=1S/C11H25NO2S/c1-6-9(2)7-10(3)12-11(4)8-15(5,13)14/h9-12H,6-8H2,1-5H3. The highest BCUT2D eigenvalue weighted by Crippen LogP contribution is 2.09. The molecule has 0 saturated carbocycles. The summed E-state index contributed by atoms with van der Waals surface area (Å²) in [6, 6.07) is 0.427. The predicted octanol–water partition coefficient (Wildman–Crippen LogP) is 1.83. The Bertz CT molecular complexity index is 262. The summed E-state index contributed by atoms with van der Waals surface area (Å²) in [7, 11) is -2.87. The van der Waals surface area contributed by atoms with Crippen molar-refractivity contribution < 1.29 is 8.42 Å². The van der Waals surface area contributed by atoms with Crippen molar-refractivity contribution in [2.75, 3.05) is 12.0 Å². The van der Waals surface area contributed by atoms with Crippen molar-refractivity contribution in [1.82, 2.24) is 5.32 Å². The van der Waals surface area contributed by atoms with Gasteiger partial charge in [0.25, 0.3) is 0 Å². The molecule has 0 heterocycles. The highest BCUT2D eigenvalue weighted by molar-refractivity contribution is 7.90.